The normalized spacial score (nSPS) is 12.1. The molecule has 10 rings (SSSR count). The molecule has 0 aliphatic carbocycles. The molecular weight excluding hydrogens is 601 g/mol. The van der Waals surface area contributed by atoms with Crippen molar-refractivity contribution in [2.45, 2.75) is 9.79 Å². The molecule has 2 aromatic heterocycles. The number of pyridine rings is 1. The largest absolute Gasteiger partial charge is 0.309 e. The number of benzene rings is 7. The summed E-state index contributed by atoms with van der Waals surface area (Å²) in [4.78, 5) is 7.79. The van der Waals surface area contributed by atoms with E-state index in [1.165, 1.54) is 64.6 Å². The van der Waals surface area contributed by atoms with Gasteiger partial charge in [-0.3, -0.25) is 0 Å². The average Bonchev–Trinajstić information content (AvgIpc) is 3.49. The lowest BCUT2D eigenvalue weighted by atomic mass is 9.94. The maximum absolute atomic E-state index is 5.15. The van der Waals surface area contributed by atoms with E-state index in [2.05, 4.69) is 174 Å². The van der Waals surface area contributed by atoms with Crippen LogP contribution in [-0.2, 0) is 0 Å². The quantitative estimate of drug-likeness (QED) is 0.193. The van der Waals surface area contributed by atoms with E-state index in [-0.39, 0.29) is 0 Å². The van der Waals surface area contributed by atoms with E-state index in [1.54, 1.807) is 0 Å². The van der Waals surface area contributed by atoms with Gasteiger partial charge in [-0.25, -0.2) is 4.98 Å². The summed E-state index contributed by atoms with van der Waals surface area (Å²) in [7, 11) is 0. The molecule has 2 nitrogen and oxygen atoms in total. The molecule has 0 fully saturated rings. The topological polar surface area (TPSA) is 17.8 Å². The van der Waals surface area contributed by atoms with Gasteiger partial charge in [0.2, 0.25) is 0 Å². The molecule has 0 unspecified atom stereocenters. The van der Waals surface area contributed by atoms with Gasteiger partial charge in [0, 0.05) is 37.1 Å². The highest BCUT2D eigenvalue weighted by Crippen LogP contribution is 2.49. The third-order valence-corrected chi connectivity index (χ3v) is 10.7. The van der Waals surface area contributed by atoms with Crippen LogP contribution in [0.1, 0.15) is 0 Å². The van der Waals surface area contributed by atoms with Crippen molar-refractivity contribution in [1.29, 1.82) is 0 Å². The number of hydrogen-bond donors (Lipinski definition) is 0. The van der Waals surface area contributed by atoms with Gasteiger partial charge < -0.3 is 4.57 Å². The highest BCUT2D eigenvalue weighted by atomic mass is 32.2. The molecule has 0 amide bonds. The van der Waals surface area contributed by atoms with Crippen LogP contribution < -0.4 is 0 Å². The fourth-order valence-corrected chi connectivity index (χ4v) is 8.46. The highest BCUT2D eigenvalue weighted by molar-refractivity contribution is 7.99. The lowest BCUT2D eigenvalue weighted by molar-refractivity contribution is 1.16. The van der Waals surface area contributed by atoms with Crippen LogP contribution in [0.4, 0.5) is 0 Å². The zero-order chi connectivity index (χ0) is 31.6. The van der Waals surface area contributed by atoms with E-state index in [9.17, 15) is 0 Å². The summed E-state index contributed by atoms with van der Waals surface area (Å²) >= 11 is 1.87. The summed E-state index contributed by atoms with van der Waals surface area (Å²) < 4.78 is 2.40. The van der Waals surface area contributed by atoms with Gasteiger partial charge >= 0.3 is 0 Å². The minimum atomic E-state index is 0.957. The summed E-state index contributed by atoms with van der Waals surface area (Å²) in [5.74, 6) is 0. The van der Waals surface area contributed by atoms with Crippen LogP contribution in [0.5, 0.6) is 0 Å². The summed E-state index contributed by atoms with van der Waals surface area (Å²) in [5, 5.41) is 5.13. The SMILES string of the molecule is c1ccc(-c2cc(-n3c4ccccc4c4cc(-c5ccc6c(c5)-c5cccc7cccc(c57)S6)ccc43)cc(-c3ccccc3)n2)cc1. The molecule has 224 valence electrons. The van der Waals surface area contributed by atoms with Crippen LogP contribution in [0, 0.1) is 0 Å². The van der Waals surface area contributed by atoms with Gasteiger partial charge in [-0.2, -0.15) is 0 Å². The van der Waals surface area contributed by atoms with E-state index in [0.717, 1.165) is 28.2 Å². The van der Waals surface area contributed by atoms with E-state index in [0.29, 0.717) is 0 Å². The second-order valence-electron chi connectivity index (χ2n) is 12.4. The van der Waals surface area contributed by atoms with Gasteiger partial charge in [-0.1, -0.05) is 133 Å². The molecule has 1 aliphatic rings. The van der Waals surface area contributed by atoms with Crippen LogP contribution in [0.2, 0.25) is 0 Å². The molecule has 0 N–H and O–H groups in total. The maximum Gasteiger partial charge on any atom is 0.0730 e. The molecule has 0 bridgehead atoms. The Morgan fingerprint density at radius 2 is 1.06 bits per heavy atom. The van der Waals surface area contributed by atoms with Gasteiger partial charge in [0.25, 0.3) is 0 Å². The zero-order valence-corrected chi connectivity index (χ0v) is 26.8. The predicted molar refractivity (Wildman–Crippen MR) is 202 cm³/mol. The van der Waals surface area contributed by atoms with Crippen LogP contribution >= 0.6 is 11.8 Å². The first-order chi connectivity index (χ1) is 23.8. The van der Waals surface area contributed by atoms with Crippen molar-refractivity contribution < 1.29 is 0 Å². The van der Waals surface area contributed by atoms with Crippen molar-refractivity contribution in [3.8, 4) is 50.5 Å². The summed E-state index contributed by atoms with van der Waals surface area (Å²) in [6, 6.07) is 61.3. The number of fused-ring (bicyclic) bond motifs is 5. The number of aromatic nitrogens is 2. The second-order valence-corrected chi connectivity index (χ2v) is 13.5. The van der Waals surface area contributed by atoms with Gasteiger partial charge in [-0.15, -0.1) is 0 Å². The molecule has 48 heavy (non-hydrogen) atoms. The fraction of sp³-hybridized carbons (Fsp3) is 0. The van der Waals surface area contributed by atoms with Crippen molar-refractivity contribution in [3.63, 3.8) is 0 Å². The highest BCUT2D eigenvalue weighted by Gasteiger charge is 2.20. The van der Waals surface area contributed by atoms with Crippen molar-refractivity contribution in [2.75, 3.05) is 0 Å². The lowest BCUT2D eigenvalue weighted by Gasteiger charge is -2.21. The monoisotopic (exact) mass is 628 g/mol. The Bertz CT molecular complexity index is 2630. The summed E-state index contributed by atoms with van der Waals surface area (Å²) in [5.41, 5.74) is 12.6. The molecule has 0 radical (unpaired) electrons. The van der Waals surface area contributed by atoms with Gasteiger partial charge in [-0.05, 0) is 76.2 Å². The van der Waals surface area contributed by atoms with Crippen LogP contribution in [0.25, 0.3) is 83.0 Å². The van der Waals surface area contributed by atoms with Gasteiger partial charge in [0.15, 0.2) is 0 Å². The Hall–Kier alpha value is -5.90. The van der Waals surface area contributed by atoms with Gasteiger partial charge in [0.05, 0.1) is 28.1 Å². The minimum absolute atomic E-state index is 0.957. The zero-order valence-electron chi connectivity index (χ0n) is 26.0. The van der Waals surface area contributed by atoms with E-state index in [4.69, 9.17) is 4.98 Å². The van der Waals surface area contributed by atoms with E-state index < -0.39 is 0 Å². The maximum atomic E-state index is 5.15. The van der Waals surface area contributed by atoms with E-state index in [1.807, 2.05) is 11.8 Å². The van der Waals surface area contributed by atoms with Crippen LogP contribution in [-0.4, -0.2) is 9.55 Å². The molecule has 3 heteroatoms. The smallest absolute Gasteiger partial charge is 0.0730 e. The van der Waals surface area contributed by atoms with Crippen LogP contribution in [0.3, 0.4) is 0 Å². The first-order valence-corrected chi connectivity index (χ1v) is 17.1. The molecule has 7 aromatic carbocycles. The number of hydrogen-bond acceptors (Lipinski definition) is 2. The first-order valence-electron chi connectivity index (χ1n) is 16.3. The summed E-state index contributed by atoms with van der Waals surface area (Å²) in [6.07, 6.45) is 0. The Balaban J connectivity index is 1.16. The number of rotatable bonds is 4. The predicted octanol–water partition coefficient (Wildman–Crippen LogP) is 12.5. The van der Waals surface area contributed by atoms with Crippen molar-refractivity contribution >= 4 is 44.3 Å². The Kier molecular flexibility index (Phi) is 6.15. The minimum Gasteiger partial charge on any atom is -0.309 e. The average molecular weight is 629 g/mol. The molecule has 0 atom stereocenters. The second kappa shape index (κ2) is 10.8. The Morgan fingerprint density at radius 3 is 1.83 bits per heavy atom. The molecule has 0 saturated carbocycles. The third kappa shape index (κ3) is 4.32. The van der Waals surface area contributed by atoms with Crippen molar-refractivity contribution in [1.82, 2.24) is 9.55 Å². The Morgan fingerprint density at radius 1 is 0.417 bits per heavy atom. The number of nitrogens with zero attached hydrogens (tertiary/aromatic N) is 2. The fourth-order valence-electron chi connectivity index (χ4n) is 7.33. The van der Waals surface area contributed by atoms with Crippen molar-refractivity contribution in [2.24, 2.45) is 0 Å². The summed E-state index contributed by atoms with van der Waals surface area (Å²) in [6.45, 7) is 0. The molecule has 1 aliphatic heterocycles. The molecule has 0 spiro atoms. The first kappa shape index (κ1) is 27.2. The Labute approximate surface area is 283 Å². The molecule has 9 aromatic rings. The van der Waals surface area contributed by atoms with Crippen LogP contribution in [0.15, 0.2) is 180 Å². The van der Waals surface area contributed by atoms with E-state index >= 15 is 0 Å². The molecular formula is C45H28N2S. The molecule has 0 saturated heterocycles. The molecule has 3 heterocycles. The third-order valence-electron chi connectivity index (χ3n) is 9.57. The lowest BCUT2D eigenvalue weighted by Crippen LogP contribution is -1.98. The van der Waals surface area contributed by atoms with Crippen molar-refractivity contribution in [3.05, 3.63) is 170 Å². The number of para-hydroxylation sites is 1. The van der Waals surface area contributed by atoms with Gasteiger partial charge in [0.1, 0.15) is 0 Å². The standard InChI is InChI=1S/C45H28N2S/c1-3-11-29(12-4-1)39-27-34(28-40(46-39)30-13-5-2-6-14-30)47-41-19-8-7-17-35(41)37-25-32(21-23-42(37)47)33-22-24-43-38(26-33)36-18-9-15-31-16-10-20-44(48-43)45(31)36/h1-28H.